The molecule has 3 N–H and O–H groups in total. The van der Waals surface area contributed by atoms with Crippen molar-refractivity contribution in [1.82, 2.24) is 9.97 Å². The van der Waals surface area contributed by atoms with Gasteiger partial charge in [0.1, 0.15) is 12.0 Å². The zero-order valence-electron chi connectivity index (χ0n) is 9.98. The van der Waals surface area contributed by atoms with E-state index >= 15 is 0 Å². The number of ether oxygens (including phenoxy) is 2. The smallest absolute Gasteiger partial charge is 0.242 e. The molecule has 94 valence electrons. The van der Waals surface area contributed by atoms with Crippen LogP contribution in [0.5, 0.6) is 5.88 Å². The van der Waals surface area contributed by atoms with Gasteiger partial charge in [0.05, 0.1) is 7.11 Å². The average Bonchev–Trinajstić information content (AvgIpc) is 2.39. The highest BCUT2D eigenvalue weighted by molar-refractivity contribution is 5.66. The van der Waals surface area contributed by atoms with E-state index in [0.717, 1.165) is 32.6 Å². The number of nitrogens with zero attached hydrogens (tertiary/aromatic N) is 2. The third-order valence-corrected chi connectivity index (χ3v) is 2.94. The molecule has 0 aliphatic carbocycles. The molecule has 2 heterocycles. The maximum absolute atomic E-state index is 5.87. The van der Waals surface area contributed by atoms with Crippen LogP contribution in [0.1, 0.15) is 12.8 Å². The first-order valence-electron chi connectivity index (χ1n) is 5.77. The molecule has 1 saturated heterocycles. The van der Waals surface area contributed by atoms with Crippen LogP contribution in [0, 0.1) is 5.92 Å². The summed E-state index contributed by atoms with van der Waals surface area (Å²) in [5, 5.41) is 3.25. The van der Waals surface area contributed by atoms with Crippen molar-refractivity contribution in [1.29, 1.82) is 0 Å². The molecule has 0 atom stereocenters. The van der Waals surface area contributed by atoms with Gasteiger partial charge in [0.25, 0.3) is 0 Å². The molecule has 1 fully saturated rings. The van der Waals surface area contributed by atoms with Crippen molar-refractivity contribution in [3.8, 4) is 5.88 Å². The number of nitrogens with one attached hydrogen (secondary N) is 1. The number of nitrogen functional groups attached to an aromatic ring is 1. The van der Waals surface area contributed by atoms with Crippen molar-refractivity contribution in [3.05, 3.63) is 6.33 Å². The molecule has 0 bridgehead atoms. The van der Waals surface area contributed by atoms with E-state index in [1.54, 1.807) is 7.11 Å². The Morgan fingerprint density at radius 3 is 2.94 bits per heavy atom. The number of nitrogens with two attached hydrogens (primary N) is 1. The minimum absolute atomic E-state index is 0.412. The van der Waals surface area contributed by atoms with Gasteiger partial charge in [-0.25, -0.2) is 4.98 Å². The first-order chi connectivity index (χ1) is 8.31. The Morgan fingerprint density at radius 2 is 2.24 bits per heavy atom. The number of aromatic nitrogens is 2. The molecule has 0 amide bonds. The van der Waals surface area contributed by atoms with Crippen LogP contribution in [-0.4, -0.2) is 36.8 Å². The van der Waals surface area contributed by atoms with Gasteiger partial charge >= 0.3 is 0 Å². The van der Waals surface area contributed by atoms with Gasteiger partial charge in [-0.05, 0) is 18.8 Å². The molecule has 1 aromatic heterocycles. The van der Waals surface area contributed by atoms with Crippen LogP contribution < -0.4 is 15.8 Å². The zero-order valence-corrected chi connectivity index (χ0v) is 9.98. The largest absolute Gasteiger partial charge is 0.479 e. The lowest BCUT2D eigenvalue weighted by molar-refractivity contribution is 0.0699. The van der Waals surface area contributed by atoms with Crippen molar-refractivity contribution >= 4 is 11.5 Å². The number of rotatable bonds is 4. The monoisotopic (exact) mass is 238 g/mol. The first-order valence-corrected chi connectivity index (χ1v) is 5.77. The van der Waals surface area contributed by atoms with Gasteiger partial charge in [-0.15, -0.1) is 0 Å². The second kappa shape index (κ2) is 5.67. The van der Waals surface area contributed by atoms with Gasteiger partial charge in [-0.1, -0.05) is 0 Å². The lowest BCUT2D eigenvalue weighted by atomic mass is 10.0. The van der Waals surface area contributed by atoms with E-state index in [1.807, 2.05) is 0 Å². The van der Waals surface area contributed by atoms with Crippen molar-refractivity contribution < 1.29 is 9.47 Å². The Kier molecular flexibility index (Phi) is 3.98. The van der Waals surface area contributed by atoms with Crippen molar-refractivity contribution in [2.75, 3.05) is 37.9 Å². The molecule has 0 saturated carbocycles. The van der Waals surface area contributed by atoms with Crippen molar-refractivity contribution in [3.63, 3.8) is 0 Å². The van der Waals surface area contributed by atoms with E-state index in [4.69, 9.17) is 15.2 Å². The summed E-state index contributed by atoms with van der Waals surface area (Å²) in [6, 6.07) is 0. The standard InChI is InChI=1S/C11H18N4O2/c1-16-11-9(12)10(14-7-15-11)13-6-8-2-4-17-5-3-8/h7-8H,2-6,12H2,1H3,(H,13,14,15). The first kappa shape index (κ1) is 11.9. The predicted molar refractivity (Wildman–Crippen MR) is 65.0 cm³/mol. The lowest BCUT2D eigenvalue weighted by Gasteiger charge is -2.22. The fourth-order valence-corrected chi connectivity index (χ4v) is 1.87. The van der Waals surface area contributed by atoms with Crippen LogP contribution in [-0.2, 0) is 4.74 Å². The van der Waals surface area contributed by atoms with Crippen LogP contribution in [0.4, 0.5) is 11.5 Å². The molecule has 6 nitrogen and oxygen atoms in total. The fraction of sp³-hybridized carbons (Fsp3) is 0.636. The Morgan fingerprint density at radius 1 is 1.47 bits per heavy atom. The van der Waals surface area contributed by atoms with E-state index in [1.165, 1.54) is 6.33 Å². The highest BCUT2D eigenvalue weighted by Gasteiger charge is 2.15. The summed E-state index contributed by atoms with van der Waals surface area (Å²) in [7, 11) is 1.54. The molecular weight excluding hydrogens is 220 g/mol. The highest BCUT2D eigenvalue weighted by atomic mass is 16.5. The summed E-state index contributed by atoms with van der Waals surface area (Å²) in [5.74, 6) is 1.67. The third-order valence-electron chi connectivity index (χ3n) is 2.94. The molecule has 1 aromatic rings. The molecule has 2 rings (SSSR count). The van der Waals surface area contributed by atoms with E-state index < -0.39 is 0 Å². The van der Waals surface area contributed by atoms with Crippen LogP contribution in [0.3, 0.4) is 0 Å². The molecular formula is C11H18N4O2. The Hall–Kier alpha value is -1.56. The summed E-state index contributed by atoms with van der Waals surface area (Å²) in [5.41, 5.74) is 6.33. The van der Waals surface area contributed by atoms with E-state index in [9.17, 15) is 0 Å². The third kappa shape index (κ3) is 2.97. The lowest BCUT2D eigenvalue weighted by Crippen LogP contribution is -2.23. The SMILES string of the molecule is COc1ncnc(NCC2CCOCC2)c1N. The zero-order chi connectivity index (χ0) is 12.1. The highest BCUT2D eigenvalue weighted by Crippen LogP contribution is 2.24. The summed E-state index contributed by atoms with van der Waals surface area (Å²) in [6.07, 6.45) is 3.60. The number of hydrogen-bond donors (Lipinski definition) is 2. The van der Waals surface area contributed by atoms with Crippen LogP contribution in [0.25, 0.3) is 0 Å². The summed E-state index contributed by atoms with van der Waals surface area (Å²) >= 11 is 0. The predicted octanol–water partition coefficient (Wildman–Crippen LogP) is 0.906. The van der Waals surface area contributed by atoms with Crippen LogP contribution in [0.15, 0.2) is 6.33 Å². The second-order valence-electron chi connectivity index (χ2n) is 4.08. The average molecular weight is 238 g/mol. The number of anilines is 2. The second-order valence-corrected chi connectivity index (χ2v) is 4.08. The minimum atomic E-state index is 0.412. The molecule has 6 heteroatoms. The van der Waals surface area contributed by atoms with Crippen molar-refractivity contribution in [2.24, 2.45) is 5.92 Å². The molecule has 0 unspecified atom stereocenters. The molecule has 1 aliphatic heterocycles. The maximum Gasteiger partial charge on any atom is 0.242 e. The normalized spacial score (nSPS) is 16.8. The van der Waals surface area contributed by atoms with E-state index in [-0.39, 0.29) is 0 Å². The Balaban J connectivity index is 1.93. The maximum atomic E-state index is 5.87. The van der Waals surface area contributed by atoms with Crippen LogP contribution >= 0.6 is 0 Å². The van der Waals surface area contributed by atoms with Gasteiger partial charge < -0.3 is 20.5 Å². The van der Waals surface area contributed by atoms with E-state index in [2.05, 4.69) is 15.3 Å². The molecule has 1 aliphatic rings. The summed E-state index contributed by atoms with van der Waals surface area (Å²) in [4.78, 5) is 8.05. The van der Waals surface area contributed by atoms with Crippen LogP contribution in [0.2, 0.25) is 0 Å². The van der Waals surface area contributed by atoms with Gasteiger partial charge in [0, 0.05) is 19.8 Å². The molecule has 0 aromatic carbocycles. The quantitative estimate of drug-likeness (QED) is 0.811. The fourth-order valence-electron chi connectivity index (χ4n) is 1.87. The minimum Gasteiger partial charge on any atom is -0.479 e. The van der Waals surface area contributed by atoms with Crippen molar-refractivity contribution in [2.45, 2.75) is 12.8 Å². The summed E-state index contributed by atoms with van der Waals surface area (Å²) in [6.45, 7) is 2.54. The van der Waals surface area contributed by atoms with Gasteiger partial charge in [-0.3, -0.25) is 0 Å². The van der Waals surface area contributed by atoms with Gasteiger partial charge in [-0.2, -0.15) is 4.98 Å². The molecule has 17 heavy (non-hydrogen) atoms. The Labute approximate surface area is 101 Å². The van der Waals surface area contributed by atoms with E-state index in [0.29, 0.717) is 23.3 Å². The number of hydrogen-bond acceptors (Lipinski definition) is 6. The molecule has 0 radical (unpaired) electrons. The molecule has 0 spiro atoms. The number of methoxy groups -OCH3 is 1. The topological polar surface area (TPSA) is 82.3 Å². The summed E-state index contributed by atoms with van der Waals surface area (Å²) < 4.78 is 10.4. The van der Waals surface area contributed by atoms with Gasteiger partial charge in [0.15, 0.2) is 5.82 Å². The van der Waals surface area contributed by atoms with Gasteiger partial charge in [0.2, 0.25) is 5.88 Å². The Bertz CT molecular complexity index is 366.